The molecule has 2 aromatic rings. The molecule has 0 aliphatic carbocycles. The molecule has 0 aromatic carbocycles. The van der Waals surface area contributed by atoms with Crippen LogP contribution in [0.15, 0.2) is 17.6 Å². The number of likely N-dealkylation sites (tertiary alicyclic amines) is 1. The molecule has 22 heavy (non-hydrogen) atoms. The van der Waals surface area contributed by atoms with Gasteiger partial charge in [0.1, 0.15) is 6.04 Å². The average Bonchev–Trinajstić information content (AvgIpc) is 3.17. The first-order valence-corrected chi connectivity index (χ1v) is 8.01. The second kappa shape index (κ2) is 5.57. The summed E-state index contributed by atoms with van der Waals surface area (Å²) in [4.78, 5) is 29.8. The van der Waals surface area contributed by atoms with Crippen LogP contribution in [-0.4, -0.2) is 44.0 Å². The van der Waals surface area contributed by atoms with Crippen LogP contribution in [0.2, 0.25) is 0 Å². The topological polar surface area (TPSA) is 75.4 Å². The van der Waals surface area contributed by atoms with Gasteiger partial charge in [-0.15, -0.1) is 11.3 Å². The van der Waals surface area contributed by atoms with E-state index in [0.717, 1.165) is 22.9 Å². The number of rotatable bonds is 3. The molecule has 2 aromatic heterocycles. The van der Waals surface area contributed by atoms with Gasteiger partial charge < -0.3 is 10.0 Å². The molecule has 7 heteroatoms. The predicted octanol–water partition coefficient (Wildman–Crippen LogP) is 2.24. The molecule has 0 saturated carbocycles. The number of carboxylic acids is 1. The number of aliphatic carboxylic acids is 1. The van der Waals surface area contributed by atoms with E-state index in [2.05, 4.69) is 4.98 Å². The summed E-state index contributed by atoms with van der Waals surface area (Å²) in [5, 5.41) is 11.9. The third-order valence-electron chi connectivity index (χ3n) is 4.07. The van der Waals surface area contributed by atoms with Gasteiger partial charge in [-0.25, -0.2) is 9.78 Å². The lowest BCUT2D eigenvalue weighted by Crippen LogP contribution is -2.40. The van der Waals surface area contributed by atoms with Crippen LogP contribution in [0.4, 0.5) is 0 Å². The second-order valence-corrected chi connectivity index (χ2v) is 6.30. The van der Waals surface area contributed by atoms with Crippen LogP contribution in [0.3, 0.4) is 0 Å². The highest BCUT2D eigenvalue weighted by Crippen LogP contribution is 2.26. The highest BCUT2D eigenvalue weighted by Gasteiger charge is 2.35. The van der Waals surface area contributed by atoms with Crippen LogP contribution < -0.4 is 0 Å². The number of carbonyl (C=O) groups is 2. The van der Waals surface area contributed by atoms with Gasteiger partial charge in [0, 0.05) is 29.5 Å². The molecular formula is C15H17N3O3S. The molecule has 0 spiro atoms. The molecule has 1 amide bonds. The van der Waals surface area contributed by atoms with Gasteiger partial charge in [0.2, 0.25) is 0 Å². The van der Waals surface area contributed by atoms with Crippen molar-refractivity contribution in [2.75, 3.05) is 6.54 Å². The molecule has 1 N–H and O–H groups in total. The lowest BCUT2D eigenvalue weighted by atomic mass is 10.2. The number of carboxylic acid groups (broad SMARTS) is 1. The third-order valence-corrected chi connectivity index (χ3v) is 4.83. The van der Waals surface area contributed by atoms with E-state index in [1.807, 2.05) is 29.9 Å². The SMILES string of the molecule is Cc1cc(C(=O)N2CCC[C@H]2C(=O)O)c(C)n1-c1nccs1. The van der Waals surface area contributed by atoms with Gasteiger partial charge in [-0.3, -0.25) is 9.36 Å². The molecule has 116 valence electrons. The molecule has 1 aliphatic heterocycles. The minimum atomic E-state index is -0.931. The molecule has 1 fully saturated rings. The summed E-state index contributed by atoms with van der Waals surface area (Å²) in [6, 6.07) is 1.10. The third kappa shape index (κ3) is 2.31. The zero-order valence-corrected chi connectivity index (χ0v) is 13.3. The molecule has 1 aliphatic rings. The van der Waals surface area contributed by atoms with Crippen molar-refractivity contribution in [3.8, 4) is 5.13 Å². The summed E-state index contributed by atoms with van der Waals surface area (Å²) in [5.41, 5.74) is 2.27. The Morgan fingerprint density at radius 2 is 2.18 bits per heavy atom. The van der Waals surface area contributed by atoms with E-state index >= 15 is 0 Å². The Morgan fingerprint density at radius 1 is 1.41 bits per heavy atom. The van der Waals surface area contributed by atoms with Gasteiger partial charge in [0.05, 0.1) is 5.56 Å². The van der Waals surface area contributed by atoms with E-state index in [-0.39, 0.29) is 5.91 Å². The van der Waals surface area contributed by atoms with Crippen molar-refractivity contribution in [1.82, 2.24) is 14.5 Å². The molecule has 3 heterocycles. The first-order chi connectivity index (χ1) is 10.5. The van der Waals surface area contributed by atoms with Crippen LogP contribution in [0.25, 0.3) is 5.13 Å². The zero-order chi connectivity index (χ0) is 15.9. The minimum Gasteiger partial charge on any atom is -0.480 e. The van der Waals surface area contributed by atoms with Crippen molar-refractivity contribution in [1.29, 1.82) is 0 Å². The summed E-state index contributed by atoms with van der Waals surface area (Å²) in [6.45, 7) is 4.29. The Kier molecular flexibility index (Phi) is 3.74. The minimum absolute atomic E-state index is 0.208. The van der Waals surface area contributed by atoms with Crippen molar-refractivity contribution in [2.24, 2.45) is 0 Å². The van der Waals surface area contributed by atoms with Gasteiger partial charge in [0.15, 0.2) is 5.13 Å². The largest absolute Gasteiger partial charge is 0.480 e. The monoisotopic (exact) mass is 319 g/mol. The number of carbonyl (C=O) groups excluding carboxylic acids is 1. The van der Waals surface area contributed by atoms with E-state index < -0.39 is 12.0 Å². The highest BCUT2D eigenvalue weighted by atomic mass is 32.1. The first-order valence-electron chi connectivity index (χ1n) is 7.13. The maximum absolute atomic E-state index is 12.8. The highest BCUT2D eigenvalue weighted by molar-refractivity contribution is 7.12. The average molecular weight is 319 g/mol. The van der Waals surface area contributed by atoms with E-state index in [9.17, 15) is 14.7 Å². The second-order valence-electron chi connectivity index (χ2n) is 5.43. The number of amides is 1. The molecule has 3 rings (SSSR count). The Balaban J connectivity index is 1.97. The van der Waals surface area contributed by atoms with E-state index in [1.54, 1.807) is 6.20 Å². The first kappa shape index (κ1) is 14.8. The van der Waals surface area contributed by atoms with Crippen molar-refractivity contribution in [2.45, 2.75) is 32.7 Å². The smallest absolute Gasteiger partial charge is 0.326 e. The molecular weight excluding hydrogens is 302 g/mol. The number of aryl methyl sites for hydroxylation is 1. The Labute approximate surface area is 132 Å². The Morgan fingerprint density at radius 3 is 2.82 bits per heavy atom. The van der Waals surface area contributed by atoms with E-state index in [4.69, 9.17) is 0 Å². The lowest BCUT2D eigenvalue weighted by Gasteiger charge is -2.21. The molecule has 1 saturated heterocycles. The number of hydrogen-bond donors (Lipinski definition) is 1. The Bertz CT molecular complexity index is 721. The van der Waals surface area contributed by atoms with Gasteiger partial charge >= 0.3 is 5.97 Å². The molecule has 0 bridgehead atoms. The number of hydrogen-bond acceptors (Lipinski definition) is 4. The van der Waals surface area contributed by atoms with Gasteiger partial charge in [-0.2, -0.15) is 0 Å². The van der Waals surface area contributed by atoms with Crippen molar-refractivity contribution in [3.63, 3.8) is 0 Å². The van der Waals surface area contributed by atoms with Crippen molar-refractivity contribution < 1.29 is 14.7 Å². The molecule has 6 nitrogen and oxygen atoms in total. The maximum Gasteiger partial charge on any atom is 0.326 e. The van der Waals surface area contributed by atoms with Crippen LogP contribution in [0, 0.1) is 13.8 Å². The fraction of sp³-hybridized carbons (Fsp3) is 0.400. The standard InChI is InChI=1S/C15H17N3O3S/c1-9-8-11(10(2)18(9)15-16-5-7-22-15)13(19)17-6-3-4-12(17)14(20)21/h5,7-8,12H,3-4,6H2,1-2H3,(H,20,21)/t12-/m0/s1. The summed E-state index contributed by atoms with van der Waals surface area (Å²) in [6.07, 6.45) is 2.97. The summed E-state index contributed by atoms with van der Waals surface area (Å²) >= 11 is 1.50. The predicted molar refractivity (Wildman–Crippen MR) is 82.6 cm³/mol. The number of nitrogens with zero attached hydrogens (tertiary/aromatic N) is 3. The quantitative estimate of drug-likeness (QED) is 0.941. The summed E-state index contributed by atoms with van der Waals surface area (Å²) in [7, 11) is 0. The fourth-order valence-corrected chi connectivity index (χ4v) is 3.77. The van der Waals surface area contributed by atoms with Gasteiger partial charge in [-0.1, -0.05) is 0 Å². The molecule has 0 radical (unpaired) electrons. The lowest BCUT2D eigenvalue weighted by molar-refractivity contribution is -0.141. The van der Waals surface area contributed by atoms with Crippen molar-refractivity contribution in [3.05, 3.63) is 34.6 Å². The molecule has 1 atom stereocenters. The van der Waals surface area contributed by atoms with Gasteiger partial charge in [-0.05, 0) is 32.8 Å². The Hall–Kier alpha value is -2.15. The molecule has 0 unspecified atom stereocenters. The van der Waals surface area contributed by atoms with Gasteiger partial charge in [0.25, 0.3) is 5.91 Å². The van der Waals surface area contributed by atoms with Crippen LogP contribution in [0.1, 0.15) is 34.6 Å². The summed E-state index contributed by atoms with van der Waals surface area (Å²) < 4.78 is 1.93. The van der Waals surface area contributed by atoms with Crippen molar-refractivity contribution >= 4 is 23.2 Å². The normalized spacial score (nSPS) is 17.9. The van der Waals surface area contributed by atoms with E-state index in [0.29, 0.717) is 18.5 Å². The maximum atomic E-state index is 12.8. The zero-order valence-electron chi connectivity index (χ0n) is 12.4. The van der Waals surface area contributed by atoms with Crippen LogP contribution >= 0.6 is 11.3 Å². The summed E-state index contributed by atoms with van der Waals surface area (Å²) in [5.74, 6) is -1.14. The number of aromatic nitrogens is 2. The van der Waals surface area contributed by atoms with E-state index in [1.165, 1.54) is 16.2 Å². The van der Waals surface area contributed by atoms with Crippen LogP contribution in [0.5, 0.6) is 0 Å². The number of thiazole rings is 1. The van der Waals surface area contributed by atoms with Crippen LogP contribution in [-0.2, 0) is 4.79 Å². The fourth-order valence-electron chi connectivity index (χ4n) is 3.02.